The van der Waals surface area contributed by atoms with Gasteiger partial charge in [0.25, 0.3) is 0 Å². The van der Waals surface area contributed by atoms with Gasteiger partial charge in [-0.3, -0.25) is 19.2 Å². The molecule has 0 aromatic heterocycles. The minimum atomic E-state index is -1.50. The first-order valence-corrected chi connectivity index (χ1v) is 10.1. The van der Waals surface area contributed by atoms with E-state index in [1.807, 2.05) is 0 Å². The van der Waals surface area contributed by atoms with Crippen molar-refractivity contribution in [3.05, 3.63) is 0 Å². The first-order valence-electron chi connectivity index (χ1n) is 10.1. The molecule has 0 aromatic carbocycles. The number of amides is 4. The van der Waals surface area contributed by atoms with Crippen LogP contribution in [0.25, 0.3) is 0 Å². The summed E-state index contributed by atoms with van der Waals surface area (Å²) in [6.45, 7) is 7.64. The third-order valence-electron chi connectivity index (χ3n) is 4.89. The Kier molecular flexibility index (Phi) is 9.70. The maximum absolute atomic E-state index is 12.8. The van der Waals surface area contributed by atoms with Crippen LogP contribution < -0.4 is 27.0 Å². The Morgan fingerprint density at radius 3 is 1.93 bits per heavy atom. The van der Waals surface area contributed by atoms with E-state index in [4.69, 9.17) is 5.73 Å². The summed E-state index contributed by atoms with van der Waals surface area (Å²) in [7, 11) is 0. The fraction of sp³-hybridized carbons (Fsp3) is 0.737. The molecule has 0 spiro atoms. The molecule has 30 heavy (non-hydrogen) atoms. The van der Waals surface area contributed by atoms with Crippen molar-refractivity contribution >= 4 is 29.6 Å². The van der Waals surface area contributed by atoms with Gasteiger partial charge in [-0.15, -0.1) is 0 Å². The van der Waals surface area contributed by atoms with Crippen molar-refractivity contribution < 1.29 is 29.1 Å². The molecule has 0 radical (unpaired) electrons. The number of rotatable bonds is 11. The normalized spacial score (nSPS) is 19.1. The molecule has 1 saturated heterocycles. The summed E-state index contributed by atoms with van der Waals surface area (Å²) in [5, 5.41) is 19.8. The Bertz CT molecular complexity index is 660. The van der Waals surface area contributed by atoms with Crippen LogP contribution >= 0.6 is 0 Å². The van der Waals surface area contributed by atoms with Crippen LogP contribution in [0.1, 0.15) is 47.0 Å². The van der Waals surface area contributed by atoms with E-state index in [0.29, 0.717) is 6.42 Å². The van der Waals surface area contributed by atoms with Gasteiger partial charge < -0.3 is 32.1 Å². The molecule has 11 heteroatoms. The fourth-order valence-electron chi connectivity index (χ4n) is 3.14. The molecule has 1 aliphatic heterocycles. The van der Waals surface area contributed by atoms with Crippen LogP contribution in [-0.4, -0.2) is 65.4 Å². The van der Waals surface area contributed by atoms with Gasteiger partial charge in [-0.2, -0.15) is 0 Å². The number of carboxylic acids is 1. The van der Waals surface area contributed by atoms with E-state index in [1.54, 1.807) is 27.7 Å². The van der Waals surface area contributed by atoms with E-state index in [0.717, 1.165) is 13.0 Å². The quantitative estimate of drug-likeness (QED) is 0.231. The van der Waals surface area contributed by atoms with Crippen molar-refractivity contribution in [2.75, 3.05) is 6.54 Å². The summed E-state index contributed by atoms with van der Waals surface area (Å²) in [5.41, 5.74) is 5.03. The van der Waals surface area contributed by atoms with Gasteiger partial charge >= 0.3 is 5.97 Å². The van der Waals surface area contributed by atoms with Gasteiger partial charge in [-0.25, -0.2) is 4.79 Å². The van der Waals surface area contributed by atoms with Gasteiger partial charge in [0.15, 0.2) is 0 Å². The third kappa shape index (κ3) is 7.62. The molecule has 4 atom stereocenters. The van der Waals surface area contributed by atoms with Crippen LogP contribution in [0.3, 0.4) is 0 Å². The summed E-state index contributed by atoms with van der Waals surface area (Å²) >= 11 is 0. The molecule has 7 N–H and O–H groups in total. The molecule has 170 valence electrons. The molecule has 11 nitrogen and oxygen atoms in total. The monoisotopic (exact) mass is 427 g/mol. The number of carbonyl (C=O) groups is 5. The molecule has 4 unspecified atom stereocenters. The van der Waals surface area contributed by atoms with Crippen LogP contribution in [-0.2, 0) is 24.0 Å². The molecular weight excluding hydrogens is 394 g/mol. The largest absolute Gasteiger partial charge is 0.480 e. The molecule has 0 bridgehead atoms. The zero-order valence-corrected chi connectivity index (χ0v) is 17.9. The van der Waals surface area contributed by atoms with Gasteiger partial charge in [-0.1, -0.05) is 27.7 Å². The van der Waals surface area contributed by atoms with Crippen molar-refractivity contribution in [3.63, 3.8) is 0 Å². The Morgan fingerprint density at radius 2 is 1.50 bits per heavy atom. The first kappa shape index (κ1) is 25.3. The second-order valence-corrected chi connectivity index (χ2v) is 8.18. The lowest BCUT2D eigenvalue weighted by Crippen LogP contribution is -2.59. The molecule has 1 aliphatic rings. The lowest BCUT2D eigenvalue weighted by atomic mass is 9.99. The van der Waals surface area contributed by atoms with Gasteiger partial charge in [0.05, 0.1) is 12.5 Å². The Labute approximate surface area is 175 Å². The SMILES string of the molecule is CC(C)C(NC(=O)C1CCCN1)C(=O)NC(C(=O)NC(CC(N)=O)C(=O)O)C(C)C. The van der Waals surface area contributed by atoms with Crippen LogP contribution in [0, 0.1) is 11.8 Å². The van der Waals surface area contributed by atoms with Gasteiger partial charge in [0.2, 0.25) is 23.6 Å². The fourth-order valence-corrected chi connectivity index (χ4v) is 3.14. The highest BCUT2D eigenvalue weighted by molar-refractivity contribution is 5.95. The zero-order valence-electron chi connectivity index (χ0n) is 17.9. The number of carbonyl (C=O) groups excluding carboxylic acids is 4. The predicted octanol–water partition coefficient (Wildman–Crippen LogP) is -1.54. The molecular formula is C19H33N5O6. The maximum Gasteiger partial charge on any atom is 0.326 e. The van der Waals surface area contributed by atoms with E-state index < -0.39 is 48.2 Å². The number of primary amides is 1. The summed E-state index contributed by atoms with van der Waals surface area (Å²) in [6.07, 6.45) is 0.993. The summed E-state index contributed by atoms with van der Waals surface area (Å²) in [4.78, 5) is 60.1. The van der Waals surface area contributed by atoms with E-state index in [9.17, 15) is 29.1 Å². The standard InChI is InChI=1S/C19H33N5O6/c1-9(2)14(17(27)22-12(19(29)30)8-13(20)25)24-18(28)15(10(3)4)23-16(26)11-6-5-7-21-11/h9-12,14-15,21H,5-8H2,1-4H3,(H2,20,25)(H,22,27)(H,23,26)(H,24,28)(H,29,30). The topological polar surface area (TPSA) is 180 Å². The van der Waals surface area contributed by atoms with E-state index in [2.05, 4.69) is 21.3 Å². The Balaban J connectivity index is 2.85. The minimum Gasteiger partial charge on any atom is -0.480 e. The zero-order chi connectivity index (χ0) is 23.0. The summed E-state index contributed by atoms with van der Waals surface area (Å²) < 4.78 is 0. The van der Waals surface area contributed by atoms with Crippen LogP contribution in [0.4, 0.5) is 0 Å². The lowest BCUT2D eigenvalue weighted by molar-refractivity contribution is -0.144. The average Bonchev–Trinajstić information content (AvgIpc) is 3.16. The van der Waals surface area contributed by atoms with Gasteiger partial charge in [-0.05, 0) is 31.2 Å². The molecule has 0 aromatic rings. The molecule has 1 fully saturated rings. The second-order valence-electron chi connectivity index (χ2n) is 8.18. The number of nitrogens with two attached hydrogens (primary N) is 1. The first-order chi connectivity index (χ1) is 13.9. The van der Waals surface area contributed by atoms with E-state index in [1.165, 1.54) is 0 Å². The van der Waals surface area contributed by atoms with Crippen LogP contribution in [0.2, 0.25) is 0 Å². The third-order valence-corrected chi connectivity index (χ3v) is 4.89. The van der Waals surface area contributed by atoms with E-state index >= 15 is 0 Å². The number of nitrogens with one attached hydrogen (secondary N) is 4. The minimum absolute atomic E-state index is 0.243. The van der Waals surface area contributed by atoms with E-state index in [-0.39, 0.29) is 23.8 Å². The summed E-state index contributed by atoms with van der Waals surface area (Å²) in [5.74, 6) is -4.49. The van der Waals surface area contributed by atoms with Crippen LogP contribution in [0.5, 0.6) is 0 Å². The Morgan fingerprint density at radius 1 is 0.967 bits per heavy atom. The summed E-state index contributed by atoms with van der Waals surface area (Å²) in [6, 6.07) is -3.78. The molecule has 4 amide bonds. The van der Waals surface area contributed by atoms with Crippen molar-refractivity contribution in [3.8, 4) is 0 Å². The number of hydrogen-bond acceptors (Lipinski definition) is 6. The average molecular weight is 428 g/mol. The molecule has 1 rings (SSSR count). The maximum atomic E-state index is 12.8. The number of hydrogen-bond donors (Lipinski definition) is 6. The highest BCUT2D eigenvalue weighted by Gasteiger charge is 2.34. The van der Waals surface area contributed by atoms with Crippen LogP contribution in [0.15, 0.2) is 0 Å². The van der Waals surface area contributed by atoms with Crippen molar-refractivity contribution in [2.24, 2.45) is 17.6 Å². The number of aliphatic carboxylic acids is 1. The highest BCUT2D eigenvalue weighted by Crippen LogP contribution is 2.10. The highest BCUT2D eigenvalue weighted by atomic mass is 16.4. The van der Waals surface area contributed by atoms with Crippen molar-refractivity contribution in [1.29, 1.82) is 0 Å². The van der Waals surface area contributed by atoms with Crippen molar-refractivity contribution in [2.45, 2.75) is 71.1 Å². The van der Waals surface area contributed by atoms with Crippen molar-refractivity contribution in [1.82, 2.24) is 21.3 Å². The Hall–Kier alpha value is -2.69. The van der Waals surface area contributed by atoms with Gasteiger partial charge in [0, 0.05) is 0 Å². The lowest BCUT2D eigenvalue weighted by Gasteiger charge is -2.28. The molecule has 1 heterocycles. The molecule has 0 saturated carbocycles. The predicted molar refractivity (Wildman–Crippen MR) is 108 cm³/mol. The molecule has 0 aliphatic carbocycles. The number of carboxylic acid groups (broad SMARTS) is 1. The second kappa shape index (κ2) is 11.5. The smallest absolute Gasteiger partial charge is 0.326 e. The van der Waals surface area contributed by atoms with Gasteiger partial charge in [0.1, 0.15) is 18.1 Å².